The lowest BCUT2D eigenvalue weighted by Crippen LogP contribution is -2.43. The molecule has 0 spiro atoms. The summed E-state index contributed by atoms with van der Waals surface area (Å²) in [7, 11) is 0. The van der Waals surface area contributed by atoms with Gasteiger partial charge in [-0.25, -0.2) is 0 Å². The van der Waals surface area contributed by atoms with Crippen LogP contribution in [0, 0.1) is 29.1 Å². The molecule has 0 radical (unpaired) electrons. The van der Waals surface area contributed by atoms with Crippen LogP contribution in [0.5, 0.6) is 0 Å². The maximum absolute atomic E-state index is 12.6. The Labute approximate surface area is 174 Å². The third-order valence-corrected chi connectivity index (χ3v) is 6.52. The van der Waals surface area contributed by atoms with Crippen LogP contribution in [0.25, 0.3) is 0 Å². The molecule has 0 amide bonds. The molecule has 3 aliphatic rings. The summed E-state index contributed by atoms with van der Waals surface area (Å²) in [6.07, 6.45) is 8.84. The molecule has 1 N–H and O–H groups in total. The number of cyclic esters (lactones) is 1. The van der Waals surface area contributed by atoms with E-state index in [9.17, 15) is 14.7 Å². The number of esters is 2. The number of aliphatic hydroxyl groups excluding tert-OH is 1. The van der Waals surface area contributed by atoms with Gasteiger partial charge in [0.1, 0.15) is 12.2 Å². The van der Waals surface area contributed by atoms with Gasteiger partial charge in [-0.1, -0.05) is 32.1 Å². The first-order chi connectivity index (χ1) is 13.5. The van der Waals surface area contributed by atoms with Crippen molar-refractivity contribution in [3.05, 3.63) is 23.8 Å². The molecule has 3 rings (SSSR count). The van der Waals surface area contributed by atoms with E-state index < -0.39 is 11.5 Å². The molecular weight excluding hydrogens is 368 g/mol. The Hall–Kier alpha value is -1.62. The van der Waals surface area contributed by atoms with Crippen LogP contribution in [-0.4, -0.2) is 35.4 Å². The quantitative estimate of drug-likeness (QED) is 0.711. The van der Waals surface area contributed by atoms with E-state index >= 15 is 0 Å². The van der Waals surface area contributed by atoms with Gasteiger partial charge in [0.25, 0.3) is 0 Å². The number of rotatable bonds is 4. The van der Waals surface area contributed by atoms with Crippen molar-refractivity contribution < 1.29 is 24.2 Å². The molecule has 0 aromatic carbocycles. The first-order valence-electron chi connectivity index (χ1n) is 11.0. The molecular formula is C24H36O5. The van der Waals surface area contributed by atoms with Gasteiger partial charge < -0.3 is 14.6 Å². The zero-order valence-electron chi connectivity index (χ0n) is 18.4. The van der Waals surface area contributed by atoms with Crippen molar-refractivity contribution in [2.45, 2.75) is 85.0 Å². The molecule has 2 aliphatic carbocycles. The third kappa shape index (κ3) is 5.30. The number of ether oxygens (including phenoxy) is 2. The van der Waals surface area contributed by atoms with Gasteiger partial charge in [0.05, 0.1) is 17.9 Å². The zero-order chi connectivity index (χ0) is 21.3. The van der Waals surface area contributed by atoms with Crippen molar-refractivity contribution in [3.8, 4) is 0 Å². The standard InChI is InChI=1S/C24H36O5/c1-14-10-16-7-6-15(2)19(9-8-18-12-17(25)13-21(26)28-18)22(16)20(11-14)29-23(27)24(3,4)5/h6-7,10,14-15,17-20,22,25H,8-9,11-13H2,1-5H3/t14-,15-,17+,18+,19-,20-,22?/m0/s1. The van der Waals surface area contributed by atoms with E-state index in [1.807, 2.05) is 20.8 Å². The minimum atomic E-state index is -0.601. The second-order valence-electron chi connectivity index (χ2n) is 10.3. The van der Waals surface area contributed by atoms with Crippen LogP contribution >= 0.6 is 0 Å². The molecule has 1 fully saturated rings. The SMILES string of the molecule is C[C@H]1C=C2C=C[C@H](C)[C@H](CC[C@@H]3C[C@@H](O)CC(=O)O3)C2[C@@H](OC(=O)C(C)(C)C)C1. The second kappa shape index (κ2) is 8.63. The van der Waals surface area contributed by atoms with E-state index in [2.05, 4.69) is 32.1 Å². The fraction of sp³-hybridized carbons (Fsp3) is 0.750. The van der Waals surface area contributed by atoms with E-state index in [4.69, 9.17) is 9.47 Å². The van der Waals surface area contributed by atoms with Crippen molar-refractivity contribution in [3.63, 3.8) is 0 Å². The Morgan fingerprint density at radius 2 is 1.97 bits per heavy atom. The van der Waals surface area contributed by atoms with Gasteiger partial charge in [-0.3, -0.25) is 9.59 Å². The van der Waals surface area contributed by atoms with Crippen molar-refractivity contribution in [2.24, 2.45) is 29.1 Å². The summed E-state index contributed by atoms with van der Waals surface area (Å²) in [5.74, 6) is 0.740. The first kappa shape index (κ1) is 22.1. The third-order valence-electron chi connectivity index (χ3n) is 6.52. The highest BCUT2D eigenvalue weighted by Crippen LogP contribution is 2.45. The van der Waals surface area contributed by atoms with Crippen LogP contribution in [0.4, 0.5) is 0 Å². The highest BCUT2D eigenvalue weighted by molar-refractivity contribution is 5.75. The highest BCUT2D eigenvalue weighted by atomic mass is 16.6. The number of hydrogen-bond acceptors (Lipinski definition) is 5. The summed E-state index contributed by atoms with van der Waals surface area (Å²) in [5, 5.41) is 9.89. The minimum Gasteiger partial charge on any atom is -0.462 e. The van der Waals surface area contributed by atoms with E-state index in [0.29, 0.717) is 24.2 Å². The number of aliphatic hydroxyl groups is 1. The Balaban J connectivity index is 1.76. The van der Waals surface area contributed by atoms with Crippen LogP contribution in [-0.2, 0) is 19.1 Å². The summed E-state index contributed by atoms with van der Waals surface area (Å²) < 4.78 is 11.5. The second-order valence-corrected chi connectivity index (χ2v) is 10.3. The number of carbonyl (C=O) groups excluding carboxylic acids is 2. The van der Waals surface area contributed by atoms with Gasteiger partial charge >= 0.3 is 11.9 Å². The van der Waals surface area contributed by atoms with Crippen LogP contribution < -0.4 is 0 Å². The van der Waals surface area contributed by atoms with Gasteiger partial charge in [0, 0.05) is 12.3 Å². The molecule has 7 atom stereocenters. The molecule has 162 valence electrons. The molecule has 5 heteroatoms. The minimum absolute atomic E-state index is 0.0945. The molecule has 29 heavy (non-hydrogen) atoms. The average Bonchev–Trinajstić information content (AvgIpc) is 2.59. The number of fused-ring (bicyclic) bond motifs is 1. The van der Waals surface area contributed by atoms with Gasteiger partial charge in [0.15, 0.2) is 0 Å². The fourth-order valence-corrected chi connectivity index (χ4v) is 4.95. The van der Waals surface area contributed by atoms with E-state index in [-0.39, 0.29) is 36.5 Å². The number of allylic oxidation sites excluding steroid dienone is 3. The monoisotopic (exact) mass is 404 g/mol. The van der Waals surface area contributed by atoms with E-state index in [1.54, 1.807) is 0 Å². The Bertz CT molecular complexity index is 686. The van der Waals surface area contributed by atoms with Crippen molar-refractivity contribution in [1.29, 1.82) is 0 Å². The normalized spacial score (nSPS) is 37.4. The Kier molecular flexibility index (Phi) is 6.57. The summed E-state index contributed by atoms with van der Waals surface area (Å²) in [6, 6.07) is 0. The predicted octanol–water partition coefficient (Wildman–Crippen LogP) is 4.20. The number of carbonyl (C=O) groups is 2. The summed E-state index contributed by atoms with van der Waals surface area (Å²) >= 11 is 0. The summed E-state index contributed by atoms with van der Waals surface area (Å²) in [6.45, 7) is 10.1. The average molecular weight is 405 g/mol. The van der Waals surface area contributed by atoms with E-state index in [1.165, 1.54) is 5.57 Å². The molecule has 0 bridgehead atoms. The summed E-state index contributed by atoms with van der Waals surface area (Å²) in [5.41, 5.74) is 0.738. The lowest BCUT2D eigenvalue weighted by molar-refractivity contribution is -0.165. The lowest BCUT2D eigenvalue weighted by Gasteiger charge is -2.44. The smallest absolute Gasteiger partial charge is 0.311 e. The maximum Gasteiger partial charge on any atom is 0.311 e. The molecule has 0 aromatic heterocycles. The molecule has 5 nitrogen and oxygen atoms in total. The van der Waals surface area contributed by atoms with Gasteiger partial charge in [-0.05, 0) is 63.4 Å². The maximum atomic E-state index is 12.6. The first-order valence-corrected chi connectivity index (χ1v) is 11.0. The highest BCUT2D eigenvalue weighted by Gasteiger charge is 2.42. The lowest BCUT2D eigenvalue weighted by atomic mass is 9.65. The molecule has 1 aliphatic heterocycles. The summed E-state index contributed by atoms with van der Waals surface area (Å²) in [4.78, 5) is 24.3. The Morgan fingerprint density at radius 3 is 2.62 bits per heavy atom. The molecule has 0 saturated carbocycles. The van der Waals surface area contributed by atoms with E-state index in [0.717, 1.165) is 19.3 Å². The van der Waals surface area contributed by atoms with Crippen molar-refractivity contribution >= 4 is 11.9 Å². The predicted molar refractivity (Wildman–Crippen MR) is 111 cm³/mol. The Morgan fingerprint density at radius 1 is 1.24 bits per heavy atom. The van der Waals surface area contributed by atoms with Crippen LogP contribution in [0.1, 0.15) is 66.7 Å². The largest absolute Gasteiger partial charge is 0.462 e. The van der Waals surface area contributed by atoms with Crippen LogP contribution in [0.15, 0.2) is 23.8 Å². The van der Waals surface area contributed by atoms with Crippen LogP contribution in [0.3, 0.4) is 0 Å². The number of hydrogen-bond donors (Lipinski definition) is 1. The van der Waals surface area contributed by atoms with Gasteiger partial charge in [-0.2, -0.15) is 0 Å². The van der Waals surface area contributed by atoms with Crippen molar-refractivity contribution in [1.82, 2.24) is 0 Å². The van der Waals surface area contributed by atoms with Crippen LogP contribution in [0.2, 0.25) is 0 Å². The fourth-order valence-electron chi connectivity index (χ4n) is 4.95. The zero-order valence-corrected chi connectivity index (χ0v) is 18.4. The molecule has 1 heterocycles. The molecule has 0 aromatic rings. The molecule has 1 unspecified atom stereocenters. The van der Waals surface area contributed by atoms with Gasteiger partial charge in [0.2, 0.25) is 0 Å². The molecule has 1 saturated heterocycles. The topological polar surface area (TPSA) is 72.8 Å². The van der Waals surface area contributed by atoms with Gasteiger partial charge in [-0.15, -0.1) is 0 Å². The van der Waals surface area contributed by atoms with Crippen molar-refractivity contribution in [2.75, 3.05) is 0 Å².